The molecule has 6 nitrogen and oxygen atoms in total. The molecule has 1 amide bonds. The SMILES string of the molecule is Cc1csc(SCC(=O)N2N=C(c3ccco3)CC2c2ccco2)n1. The van der Waals surface area contributed by atoms with Crippen LogP contribution in [0.3, 0.4) is 0 Å². The average molecular weight is 373 g/mol. The highest BCUT2D eigenvalue weighted by Crippen LogP contribution is 2.34. The maximum Gasteiger partial charge on any atom is 0.253 e. The molecule has 0 radical (unpaired) electrons. The van der Waals surface area contributed by atoms with E-state index in [4.69, 9.17) is 8.83 Å². The number of aromatic nitrogens is 1. The summed E-state index contributed by atoms with van der Waals surface area (Å²) in [4.78, 5) is 17.1. The van der Waals surface area contributed by atoms with Crippen LogP contribution in [0.4, 0.5) is 0 Å². The summed E-state index contributed by atoms with van der Waals surface area (Å²) in [6.07, 6.45) is 3.77. The molecule has 0 bridgehead atoms. The maximum atomic E-state index is 12.7. The van der Waals surface area contributed by atoms with Crippen molar-refractivity contribution in [2.24, 2.45) is 5.10 Å². The van der Waals surface area contributed by atoms with Gasteiger partial charge in [-0.25, -0.2) is 9.99 Å². The number of amides is 1. The highest BCUT2D eigenvalue weighted by molar-refractivity contribution is 8.01. The first-order valence-corrected chi connectivity index (χ1v) is 9.59. The molecule has 0 saturated heterocycles. The van der Waals surface area contributed by atoms with E-state index in [0.29, 0.717) is 17.9 Å². The van der Waals surface area contributed by atoms with Crippen molar-refractivity contribution in [1.29, 1.82) is 0 Å². The first-order valence-electron chi connectivity index (χ1n) is 7.72. The smallest absolute Gasteiger partial charge is 0.253 e. The van der Waals surface area contributed by atoms with Crippen LogP contribution in [0.2, 0.25) is 0 Å². The molecule has 0 fully saturated rings. The lowest BCUT2D eigenvalue weighted by atomic mass is 10.1. The van der Waals surface area contributed by atoms with Crippen LogP contribution in [0, 0.1) is 6.92 Å². The Kier molecular flexibility index (Phi) is 4.46. The van der Waals surface area contributed by atoms with Crippen LogP contribution in [0.25, 0.3) is 0 Å². The Balaban J connectivity index is 1.53. The lowest BCUT2D eigenvalue weighted by Gasteiger charge is -2.19. The van der Waals surface area contributed by atoms with Crippen LogP contribution < -0.4 is 0 Å². The number of rotatable bonds is 5. The molecule has 3 aromatic heterocycles. The maximum absolute atomic E-state index is 12.7. The summed E-state index contributed by atoms with van der Waals surface area (Å²) in [6.45, 7) is 1.94. The highest BCUT2D eigenvalue weighted by atomic mass is 32.2. The number of carbonyl (C=O) groups is 1. The normalized spacial score (nSPS) is 17.1. The molecule has 8 heteroatoms. The van der Waals surface area contributed by atoms with Crippen LogP contribution >= 0.6 is 23.1 Å². The van der Waals surface area contributed by atoms with Crippen molar-refractivity contribution >= 4 is 34.7 Å². The number of aryl methyl sites for hydroxylation is 1. The van der Waals surface area contributed by atoms with Gasteiger partial charge >= 0.3 is 0 Å². The average Bonchev–Trinajstić information content (AvgIpc) is 3.38. The Morgan fingerprint density at radius 2 is 2.20 bits per heavy atom. The fraction of sp³-hybridized carbons (Fsp3) is 0.235. The first kappa shape index (κ1) is 16.2. The van der Waals surface area contributed by atoms with Gasteiger partial charge in [0.25, 0.3) is 5.91 Å². The van der Waals surface area contributed by atoms with E-state index in [0.717, 1.165) is 15.7 Å². The Bertz CT molecular complexity index is 884. The van der Waals surface area contributed by atoms with Crippen LogP contribution in [-0.2, 0) is 4.79 Å². The zero-order valence-corrected chi connectivity index (χ0v) is 15.0. The third-order valence-electron chi connectivity index (χ3n) is 3.76. The van der Waals surface area contributed by atoms with Gasteiger partial charge in [0.05, 0.1) is 18.3 Å². The van der Waals surface area contributed by atoms with E-state index < -0.39 is 0 Å². The number of hydrazone groups is 1. The lowest BCUT2D eigenvalue weighted by Crippen LogP contribution is -2.28. The van der Waals surface area contributed by atoms with Crippen molar-refractivity contribution in [3.63, 3.8) is 0 Å². The molecule has 0 saturated carbocycles. The molecule has 0 aliphatic carbocycles. The molecule has 0 N–H and O–H groups in total. The molecular weight excluding hydrogens is 358 g/mol. The first-order chi connectivity index (χ1) is 12.2. The van der Waals surface area contributed by atoms with Gasteiger partial charge in [-0.3, -0.25) is 4.79 Å². The second-order valence-electron chi connectivity index (χ2n) is 5.54. The van der Waals surface area contributed by atoms with Crippen molar-refractivity contribution in [1.82, 2.24) is 9.99 Å². The molecule has 1 aliphatic heterocycles. The van der Waals surface area contributed by atoms with Gasteiger partial charge in [-0.05, 0) is 31.2 Å². The van der Waals surface area contributed by atoms with Crippen LogP contribution in [0.5, 0.6) is 0 Å². The van der Waals surface area contributed by atoms with E-state index in [1.165, 1.54) is 16.8 Å². The molecule has 1 aliphatic rings. The minimum absolute atomic E-state index is 0.0826. The fourth-order valence-corrected chi connectivity index (χ4v) is 4.32. The van der Waals surface area contributed by atoms with Gasteiger partial charge in [0.2, 0.25) is 0 Å². The second-order valence-corrected chi connectivity index (χ2v) is 7.62. The van der Waals surface area contributed by atoms with Crippen molar-refractivity contribution in [2.45, 2.75) is 23.7 Å². The number of thioether (sulfide) groups is 1. The molecule has 4 rings (SSSR count). The Hall–Kier alpha value is -2.32. The number of carbonyl (C=O) groups excluding carboxylic acids is 1. The van der Waals surface area contributed by atoms with Gasteiger partial charge in [-0.1, -0.05) is 11.8 Å². The zero-order chi connectivity index (χ0) is 17.2. The predicted molar refractivity (Wildman–Crippen MR) is 95.7 cm³/mol. The molecule has 25 heavy (non-hydrogen) atoms. The summed E-state index contributed by atoms with van der Waals surface area (Å²) in [5.74, 6) is 1.59. The molecule has 0 spiro atoms. The molecule has 1 unspecified atom stereocenters. The lowest BCUT2D eigenvalue weighted by molar-refractivity contribution is -0.130. The van der Waals surface area contributed by atoms with Crippen LogP contribution in [-0.4, -0.2) is 27.4 Å². The Morgan fingerprint density at radius 1 is 1.36 bits per heavy atom. The molecule has 1 atom stereocenters. The largest absolute Gasteiger partial charge is 0.467 e. The number of thiazole rings is 1. The Labute approximate surface area is 152 Å². The van der Waals surface area contributed by atoms with Crippen molar-refractivity contribution in [3.8, 4) is 0 Å². The van der Waals surface area contributed by atoms with Gasteiger partial charge in [0, 0.05) is 17.5 Å². The topological polar surface area (TPSA) is 71.8 Å². The third-order valence-corrected chi connectivity index (χ3v) is 5.88. The van der Waals surface area contributed by atoms with Gasteiger partial charge in [-0.15, -0.1) is 11.3 Å². The van der Waals surface area contributed by atoms with E-state index in [2.05, 4.69) is 10.1 Å². The monoisotopic (exact) mass is 373 g/mol. The van der Waals surface area contributed by atoms with Crippen molar-refractivity contribution < 1.29 is 13.6 Å². The number of furan rings is 2. The number of hydrogen-bond donors (Lipinski definition) is 0. The van der Waals surface area contributed by atoms with Gasteiger partial charge in [0.1, 0.15) is 23.3 Å². The highest BCUT2D eigenvalue weighted by Gasteiger charge is 2.35. The fourth-order valence-electron chi connectivity index (χ4n) is 2.62. The van der Waals surface area contributed by atoms with Gasteiger partial charge < -0.3 is 8.83 Å². The van der Waals surface area contributed by atoms with Crippen molar-refractivity contribution in [2.75, 3.05) is 5.75 Å². The molecule has 128 valence electrons. The van der Waals surface area contributed by atoms with E-state index in [1.54, 1.807) is 23.9 Å². The number of nitrogens with zero attached hydrogens (tertiary/aromatic N) is 3. The summed E-state index contributed by atoms with van der Waals surface area (Å²) >= 11 is 2.97. The van der Waals surface area contributed by atoms with Gasteiger partial charge in [-0.2, -0.15) is 5.10 Å². The van der Waals surface area contributed by atoms with Crippen molar-refractivity contribution in [3.05, 3.63) is 59.4 Å². The molecule has 3 aromatic rings. The Morgan fingerprint density at radius 3 is 2.88 bits per heavy atom. The summed E-state index contributed by atoms with van der Waals surface area (Å²) in [6, 6.07) is 7.09. The number of hydrogen-bond acceptors (Lipinski definition) is 7. The summed E-state index contributed by atoms with van der Waals surface area (Å²) in [7, 11) is 0. The second kappa shape index (κ2) is 6.89. The third kappa shape index (κ3) is 3.40. The summed E-state index contributed by atoms with van der Waals surface area (Å²) in [5, 5.41) is 7.98. The van der Waals surface area contributed by atoms with E-state index in [1.807, 2.05) is 36.6 Å². The van der Waals surface area contributed by atoms with E-state index in [9.17, 15) is 4.79 Å². The quantitative estimate of drug-likeness (QED) is 0.630. The van der Waals surface area contributed by atoms with Crippen LogP contribution in [0.1, 0.15) is 29.7 Å². The standard InChI is InChI=1S/C17H15N3O3S2/c1-11-9-24-17(18-11)25-10-16(21)20-13(15-5-3-7-23-15)8-12(19-20)14-4-2-6-22-14/h2-7,9,13H,8,10H2,1H3. The predicted octanol–water partition coefficient (Wildman–Crippen LogP) is 4.11. The minimum atomic E-state index is -0.249. The van der Waals surface area contributed by atoms with E-state index in [-0.39, 0.29) is 17.7 Å². The van der Waals surface area contributed by atoms with Gasteiger partial charge in [0.15, 0.2) is 4.34 Å². The molecular formula is C17H15N3O3S2. The summed E-state index contributed by atoms with van der Waals surface area (Å²) in [5.41, 5.74) is 1.71. The van der Waals surface area contributed by atoms with Crippen LogP contribution in [0.15, 0.2) is 60.4 Å². The summed E-state index contributed by atoms with van der Waals surface area (Å²) < 4.78 is 11.8. The molecule has 0 aromatic carbocycles. The minimum Gasteiger partial charge on any atom is -0.467 e. The zero-order valence-electron chi connectivity index (χ0n) is 13.4. The molecule has 4 heterocycles. The van der Waals surface area contributed by atoms with E-state index >= 15 is 0 Å².